The zero-order valence-corrected chi connectivity index (χ0v) is 9.67. The van der Waals surface area contributed by atoms with Gasteiger partial charge in [-0.15, -0.1) is 0 Å². The first-order valence-corrected chi connectivity index (χ1v) is 5.91. The van der Waals surface area contributed by atoms with Gasteiger partial charge in [0.1, 0.15) is 5.52 Å². The van der Waals surface area contributed by atoms with Crippen LogP contribution in [0.3, 0.4) is 0 Å². The fraction of sp³-hybridized carbons (Fsp3) is 0.417. The highest BCUT2D eigenvalue weighted by atomic mass is 16.5. The van der Waals surface area contributed by atoms with Crippen molar-refractivity contribution in [2.45, 2.75) is 18.9 Å². The molecule has 1 fully saturated rings. The molecule has 1 aliphatic rings. The van der Waals surface area contributed by atoms with E-state index in [0.29, 0.717) is 30.5 Å². The van der Waals surface area contributed by atoms with Crippen LogP contribution in [0, 0.1) is 5.92 Å². The molecule has 1 saturated heterocycles. The SMILES string of the molecule is O=C(O)C1CCNC(c2ccnc3cnoc23)C1. The number of carbonyl (C=O) groups is 1. The van der Waals surface area contributed by atoms with E-state index in [1.807, 2.05) is 6.07 Å². The van der Waals surface area contributed by atoms with Crippen LogP contribution in [0.1, 0.15) is 24.4 Å². The molecule has 0 spiro atoms. The monoisotopic (exact) mass is 247 g/mol. The summed E-state index contributed by atoms with van der Waals surface area (Å²) in [6, 6.07) is 1.84. The molecule has 6 heteroatoms. The molecule has 2 N–H and O–H groups in total. The molecule has 6 nitrogen and oxygen atoms in total. The van der Waals surface area contributed by atoms with Gasteiger partial charge in [0.2, 0.25) is 0 Å². The Labute approximate surface area is 103 Å². The number of aliphatic carboxylic acids is 1. The lowest BCUT2D eigenvalue weighted by molar-refractivity contribution is -0.143. The highest BCUT2D eigenvalue weighted by Crippen LogP contribution is 2.31. The van der Waals surface area contributed by atoms with Crippen LogP contribution in [0.25, 0.3) is 11.1 Å². The van der Waals surface area contributed by atoms with Crippen molar-refractivity contribution in [2.75, 3.05) is 6.54 Å². The first kappa shape index (κ1) is 11.2. The van der Waals surface area contributed by atoms with Gasteiger partial charge < -0.3 is 14.9 Å². The average molecular weight is 247 g/mol. The van der Waals surface area contributed by atoms with Gasteiger partial charge in [0.05, 0.1) is 12.1 Å². The van der Waals surface area contributed by atoms with E-state index in [4.69, 9.17) is 9.63 Å². The van der Waals surface area contributed by atoms with E-state index < -0.39 is 5.97 Å². The molecule has 94 valence electrons. The first-order chi connectivity index (χ1) is 8.75. The molecule has 0 aromatic carbocycles. The number of piperidine rings is 1. The molecular formula is C12H13N3O3. The minimum absolute atomic E-state index is 0.0155. The number of carboxylic acids is 1. The number of hydrogen-bond donors (Lipinski definition) is 2. The summed E-state index contributed by atoms with van der Waals surface area (Å²) in [5, 5.41) is 16.2. The van der Waals surface area contributed by atoms with Crippen molar-refractivity contribution >= 4 is 17.1 Å². The van der Waals surface area contributed by atoms with Crippen molar-refractivity contribution in [1.82, 2.24) is 15.5 Å². The Bertz CT molecular complexity index is 581. The lowest BCUT2D eigenvalue weighted by Gasteiger charge is -2.28. The maximum Gasteiger partial charge on any atom is 0.306 e. The number of fused-ring (bicyclic) bond motifs is 1. The van der Waals surface area contributed by atoms with Gasteiger partial charge in [-0.25, -0.2) is 0 Å². The predicted octanol–water partition coefficient (Wildman–Crippen LogP) is 1.35. The molecule has 0 aliphatic carbocycles. The maximum atomic E-state index is 11.1. The van der Waals surface area contributed by atoms with Crippen LogP contribution in [-0.2, 0) is 4.79 Å². The lowest BCUT2D eigenvalue weighted by atomic mass is 9.89. The summed E-state index contributed by atoms with van der Waals surface area (Å²) in [7, 11) is 0. The van der Waals surface area contributed by atoms with Crippen LogP contribution in [0.15, 0.2) is 23.0 Å². The minimum atomic E-state index is -0.732. The van der Waals surface area contributed by atoms with Crippen molar-refractivity contribution in [3.63, 3.8) is 0 Å². The van der Waals surface area contributed by atoms with Gasteiger partial charge in [-0.1, -0.05) is 5.16 Å². The molecule has 0 radical (unpaired) electrons. The number of rotatable bonds is 2. The van der Waals surface area contributed by atoms with Gasteiger partial charge in [0, 0.05) is 17.8 Å². The quantitative estimate of drug-likeness (QED) is 0.832. The summed E-state index contributed by atoms with van der Waals surface area (Å²) >= 11 is 0. The topological polar surface area (TPSA) is 88.2 Å². The number of nitrogens with zero attached hydrogens (tertiary/aromatic N) is 2. The number of pyridine rings is 1. The van der Waals surface area contributed by atoms with Gasteiger partial charge >= 0.3 is 5.97 Å². The number of hydrogen-bond acceptors (Lipinski definition) is 5. The molecule has 3 rings (SSSR count). The van der Waals surface area contributed by atoms with Crippen LogP contribution < -0.4 is 5.32 Å². The van der Waals surface area contributed by atoms with Crippen molar-refractivity contribution in [3.05, 3.63) is 24.0 Å². The van der Waals surface area contributed by atoms with E-state index in [9.17, 15) is 4.79 Å². The summed E-state index contributed by atoms with van der Waals surface area (Å²) in [4.78, 5) is 15.2. The smallest absolute Gasteiger partial charge is 0.306 e. The molecule has 2 aromatic heterocycles. The Morgan fingerprint density at radius 3 is 3.28 bits per heavy atom. The molecule has 2 aromatic rings. The standard InChI is InChI=1S/C12H13N3O3/c16-12(17)7-1-3-13-9(5-7)8-2-4-14-10-6-15-18-11(8)10/h2,4,6-7,9,13H,1,3,5H2,(H,16,17). The van der Waals surface area contributed by atoms with Crippen molar-refractivity contribution < 1.29 is 14.4 Å². The predicted molar refractivity (Wildman–Crippen MR) is 62.9 cm³/mol. The molecule has 2 unspecified atom stereocenters. The molecule has 0 bridgehead atoms. The zero-order valence-electron chi connectivity index (χ0n) is 9.67. The second-order valence-corrected chi connectivity index (χ2v) is 4.51. The first-order valence-electron chi connectivity index (χ1n) is 5.91. The van der Waals surface area contributed by atoms with Crippen LogP contribution in [0.5, 0.6) is 0 Å². The lowest BCUT2D eigenvalue weighted by Crippen LogP contribution is -2.35. The molecule has 0 saturated carbocycles. The molecule has 1 aliphatic heterocycles. The number of carboxylic acid groups (broad SMARTS) is 1. The maximum absolute atomic E-state index is 11.1. The van der Waals surface area contributed by atoms with Crippen LogP contribution >= 0.6 is 0 Å². The van der Waals surface area contributed by atoms with Crippen LogP contribution in [0.4, 0.5) is 0 Å². The second-order valence-electron chi connectivity index (χ2n) is 4.51. The number of aromatic nitrogens is 2. The van der Waals surface area contributed by atoms with Crippen molar-refractivity contribution in [1.29, 1.82) is 0 Å². The molecular weight excluding hydrogens is 234 g/mol. The number of nitrogens with one attached hydrogen (secondary N) is 1. The largest absolute Gasteiger partial charge is 0.481 e. The molecule has 0 amide bonds. The van der Waals surface area contributed by atoms with Crippen LogP contribution in [-0.4, -0.2) is 27.8 Å². The van der Waals surface area contributed by atoms with Gasteiger partial charge in [-0.05, 0) is 25.5 Å². The molecule has 3 heterocycles. The Morgan fingerprint density at radius 1 is 1.56 bits per heavy atom. The fourth-order valence-corrected chi connectivity index (χ4v) is 2.45. The van der Waals surface area contributed by atoms with E-state index in [1.165, 1.54) is 0 Å². The summed E-state index contributed by atoms with van der Waals surface area (Å²) < 4.78 is 5.20. The normalized spacial score (nSPS) is 24.2. The van der Waals surface area contributed by atoms with Gasteiger partial charge in [0.25, 0.3) is 0 Å². The van der Waals surface area contributed by atoms with Crippen LogP contribution in [0.2, 0.25) is 0 Å². The van der Waals surface area contributed by atoms with E-state index in [-0.39, 0.29) is 12.0 Å². The minimum Gasteiger partial charge on any atom is -0.481 e. The fourth-order valence-electron chi connectivity index (χ4n) is 2.45. The highest BCUT2D eigenvalue weighted by Gasteiger charge is 2.29. The third-order valence-electron chi connectivity index (χ3n) is 3.41. The molecule has 2 atom stereocenters. The Hall–Kier alpha value is -1.95. The highest BCUT2D eigenvalue weighted by molar-refractivity contribution is 5.75. The van der Waals surface area contributed by atoms with Crippen molar-refractivity contribution in [2.24, 2.45) is 5.92 Å². The average Bonchev–Trinajstić information content (AvgIpc) is 2.87. The van der Waals surface area contributed by atoms with Crippen molar-refractivity contribution in [3.8, 4) is 0 Å². The van der Waals surface area contributed by atoms with E-state index in [2.05, 4.69) is 15.5 Å². The summed E-state index contributed by atoms with van der Waals surface area (Å²) in [5.41, 5.74) is 2.27. The van der Waals surface area contributed by atoms with E-state index in [0.717, 1.165) is 5.56 Å². The van der Waals surface area contributed by atoms with E-state index in [1.54, 1.807) is 12.4 Å². The summed E-state index contributed by atoms with van der Waals surface area (Å²) in [6.07, 6.45) is 4.49. The van der Waals surface area contributed by atoms with E-state index >= 15 is 0 Å². The Morgan fingerprint density at radius 2 is 2.44 bits per heavy atom. The Kier molecular flexibility index (Phi) is 2.71. The van der Waals surface area contributed by atoms with Gasteiger partial charge in [-0.3, -0.25) is 9.78 Å². The Balaban J connectivity index is 1.94. The zero-order chi connectivity index (χ0) is 12.5. The van der Waals surface area contributed by atoms with Gasteiger partial charge in [0.15, 0.2) is 5.58 Å². The third kappa shape index (κ3) is 1.84. The summed E-state index contributed by atoms with van der Waals surface area (Å²) in [6.45, 7) is 0.694. The summed E-state index contributed by atoms with van der Waals surface area (Å²) in [5.74, 6) is -1.04. The third-order valence-corrected chi connectivity index (χ3v) is 3.41. The molecule has 18 heavy (non-hydrogen) atoms. The second kappa shape index (κ2) is 4.38. The van der Waals surface area contributed by atoms with Gasteiger partial charge in [-0.2, -0.15) is 0 Å².